The van der Waals surface area contributed by atoms with E-state index in [1.807, 2.05) is 84.9 Å². The van der Waals surface area contributed by atoms with Gasteiger partial charge in [-0.1, -0.05) is 72.8 Å². The molecule has 3 aromatic rings. The van der Waals surface area contributed by atoms with Gasteiger partial charge in [0.05, 0.1) is 16.7 Å². The van der Waals surface area contributed by atoms with Gasteiger partial charge in [-0.3, -0.25) is 4.79 Å². The van der Waals surface area contributed by atoms with Crippen molar-refractivity contribution in [3.63, 3.8) is 0 Å². The second-order valence-corrected chi connectivity index (χ2v) is 8.26. The van der Waals surface area contributed by atoms with E-state index in [-0.39, 0.29) is 18.2 Å². The van der Waals surface area contributed by atoms with Crippen LogP contribution in [-0.4, -0.2) is 5.91 Å². The highest BCUT2D eigenvalue weighted by atomic mass is 32.2. The number of nitriles is 1. The zero-order chi connectivity index (χ0) is 21.5. The van der Waals surface area contributed by atoms with Gasteiger partial charge in [-0.25, -0.2) is 0 Å². The Morgan fingerprint density at radius 3 is 2.23 bits per heavy atom. The number of ether oxygens (including phenoxy) is 1. The highest BCUT2D eigenvalue weighted by Gasteiger charge is 2.29. The molecule has 0 saturated heterocycles. The van der Waals surface area contributed by atoms with Crippen LogP contribution in [0.4, 0.5) is 0 Å². The monoisotopic (exact) mass is 426 g/mol. The maximum absolute atomic E-state index is 12.4. The number of carbonyl (C=O) groups is 1. The fourth-order valence-corrected chi connectivity index (χ4v) is 4.52. The molecule has 4 nitrogen and oxygen atoms in total. The van der Waals surface area contributed by atoms with Gasteiger partial charge in [0.1, 0.15) is 12.4 Å². The fourth-order valence-electron chi connectivity index (χ4n) is 3.48. The van der Waals surface area contributed by atoms with Crippen LogP contribution >= 0.6 is 11.8 Å². The van der Waals surface area contributed by atoms with E-state index in [0.717, 1.165) is 22.4 Å². The Kier molecular flexibility index (Phi) is 6.71. The summed E-state index contributed by atoms with van der Waals surface area (Å²) in [5.41, 5.74) is 3.80. The molecule has 4 rings (SSSR count). The van der Waals surface area contributed by atoms with Crippen LogP contribution in [0.2, 0.25) is 0 Å². The minimum atomic E-state index is -0.250. The number of rotatable bonds is 7. The third kappa shape index (κ3) is 5.36. The second kappa shape index (κ2) is 10.0. The summed E-state index contributed by atoms with van der Waals surface area (Å²) in [7, 11) is 0. The molecule has 5 heteroatoms. The van der Waals surface area contributed by atoms with Gasteiger partial charge in [0.25, 0.3) is 0 Å². The molecule has 0 unspecified atom stereocenters. The van der Waals surface area contributed by atoms with Gasteiger partial charge in [0, 0.05) is 18.1 Å². The lowest BCUT2D eigenvalue weighted by Crippen LogP contribution is -2.30. The number of hydrogen-bond donors (Lipinski definition) is 1. The van der Waals surface area contributed by atoms with Crippen molar-refractivity contribution in [3.05, 3.63) is 112 Å². The first-order valence-corrected chi connectivity index (χ1v) is 11.1. The van der Waals surface area contributed by atoms with Gasteiger partial charge in [-0.15, -0.1) is 11.8 Å². The van der Waals surface area contributed by atoms with E-state index in [0.29, 0.717) is 23.0 Å². The van der Waals surface area contributed by atoms with Gasteiger partial charge in [0.2, 0.25) is 5.91 Å². The Morgan fingerprint density at radius 2 is 1.58 bits per heavy atom. The van der Waals surface area contributed by atoms with E-state index in [1.54, 1.807) is 0 Å². The lowest BCUT2D eigenvalue weighted by atomic mass is 9.87. The van der Waals surface area contributed by atoms with E-state index in [4.69, 9.17) is 4.74 Å². The third-order valence-electron chi connectivity index (χ3n) is 5.11. The molecule has 1 atom stereocenters. The standard InChI is InChI=1S/C26H22N2O2S/c27-16-24-23(15-25(29)28-26(24)31-18-20-9-5-2-6-10-20)21-11-13-22(14-12-21)30-17-19-7-3-1-4-8-19/h1-14,23H,15,17-18H2,(H,28,29)/t23-/m0/s1. The number of nitrogens with one attached hydrogen (secondary N) is 1. The van der Waals surface area contributed by atoms with Gasteiger partial charge in [-0.05, 0) is 28.8 Å². The molecule has 0 fully saturated rings. The Morgan fingerprint density at radius 1 is 0.935 bits per heavy atom. The first-order valence-electron chi connectivity index (χ1n) is 10.1. The molecule has 1 heterocycles. The van der Waals surface area contributed by atoms with E-state index in [1.165, 1.54) is 11.8 Å². The molecule has 1 aliphatic heterocycles. The van der Waals surface area contributed by atoms with Crippen LogP contribution < -0.4 is 10.1 Å². The Hall–Kier alpha value is -3.49. The number of thioether (sulfide) groups is 1. The van der Waals surface area contributed by atoms with Crippen LogP contribution in [0, 0.1) is 11.3 Å². The average Bonchev–Trinajstić information content (AvgIpc) is 2.83. The fraction of sp³-hybridized carbons (Fsp3) is 0.154. The van der Waals surface area contributed by atoms with Gasteiger partial charge in [0.15, 0.2) is 0 Å². The molecule has 154 valence electrons. The zero-order valence-corrected chi connectivity index (χ0v) is 17.8. The van der Waals surface area contributed by atoms with Gasteiger partial charge < -0.3 is 10.1 Å². The molecule has 0 aliphatic carbocycles. The first-order chi connectivity index (χ1) is 15.2. The van der Waals surface area contributed by atoms with Crippen LogP contribution in [0.25, 0.3) is 0 Å². The van der Waals surface area contributed by atoms with Crippen molar-refractivity contribution in [2.45, 2.75) is 24.7 Å². The maximum atomic E-state index is 12.4. The summed E-state index contributed by atoms with van der Waals surface area (Å²) in [6, 6.07) is 30.0. The average molecular weight is 427 g/mol. The number of amides is 1. The van der Waals surface area contributed by atoms with Crippen LogP contribution in [0.15, 0.2) is 95.5 Å². The van der Waals surface area contributed by atoms with Crippen molar-refractivity contribution in [2.75, 3.05) is 0 Å². The van der Waals surface area contributed by atoms with Crippen LogP contribution in [-0.2, 0) is 17.2 Å². The van der Waals surface area contributed by atoms with Gasteiger partial charge in [-0.2, -0.15) is 5.26 Å². The topological polar surface area (TPSA) is 62.1 Å². The number of hydrogen-bond acceptors (Lipinski definition) is 4. The van der Waals surface area contributed by atoms with Crippen molar-refractivity contribution in [1.82, 2.24) is 5.32 Å². The van der Waals surface area contributed by atoms with Crippen LogP contribution in [0.3, 0.4) is 0 Å². The lowest BCUT2D eigenvalue weighted by Gasteiger charge is -2.25. The van der Waals surface area contributed by atoms with E-state index in [9.17, 15) is 10.1 Å². The van der Waals surface area contributed by atoms with Crippen LogP contribution in [0.1, 0.15) is 29.0 Å². The summed E-state index contributed by atoms with van der Waals surface area (Å²) in [5, 5.41) is 13.4. The quantitative estimate of drug-likeness (QED) is 0.539. The van der Waals surface area contributed by atoms with Crippen LogP contribution in [0.5, 0.6) is 5.75 Å². The van der Waals surface area contributed by atoms with Crippen molar-refractivity contribution in [1.29, 1.82) is 5.26 Å². The Bertz CT molecular complexity index is 1100. The Balaban J connectivity index is 1.48. The molecule has 31 heavy (non-hydrogen) atoms. The molecule has 1 amide bonds. The van der Waals surface area contributed by atoms with E-state index in [2.05, 4.69) is 11.4 Å². The zero-order valence-electron chi connectivity index (χ0n) is 17.0. The predicted molar refractivity (Wildman–Crippen MR) is 123 cm³/mol. The summed E-state index contributed by atoms with van der Waals surface area (Å²) in [6.45, 7) is 0.496. The second-order valence-electron chi connectivity index (χ2n) is 7.28. The van der Waals surface area contributed by atoms with Crippen molar-refractivity contribution in [2.24, 2.45) is 0 Å². The van der Waals surface area contributed by atoms with Crippen molar-refractivity contribution >= 4 is 17.7 Å². The molecular weight excluding hydrogens is 404 g/mol. The highest BCUT2D eigenvalue weighted by Crippen LogP contribution is 2.37. The maximum Gasteiger partial charge on any atom is 0.225 e. The highest BCUT2D eigenvalue weighted by molar-refractivity contribution is 8.02. The molecular formula is C26H22N2O2S. The largest absolute Gasteiger partial charge is 0.489 e. The molecule has 0 saturated carbocycles. The molecule has 1 aliphatic rings. The summed E-state index contributed by atoms with van der Waals surface area (Å²) < 4.78 is 5.86. The number of carbonyl (C=O) groups excluding carboxylic acids is 1. The number of nitrogens with zero attached hydrogens (tertiary/aromatic N) is 1. The third-order valence-corrected chi connectivity index (χ3v) is 6.20. The summed E-state index contributed by atoms with van der Waals surface area (Å²) in [4.78, 5) is 12.4. The number of allylic oxidation sites excluding steroid dienone is 1. The summed E-state index contributed by atoms with van der Waals surface area (Å²) in [5.74, 6) is 1.14. The van der Waals surface area contributed by atoms with Crippen molar-refractivity contribution in [3.8, 4) is 11.8 Å². The van der Waals surface area contributed by atoms with Crippen molar-refractivity contribution < 1.29 is 9.53 Å². The molecule has 3 aromatic carbocycles. The summed E-state index contributed by atoms with van der Waals surface area (Å²) >= 11 is 1.49. The molecule has 0 bridgehead atoms. The minimum Gasteiger partial charge on any atom is -0.489 e. The van der Waals surface area contributed by atoms with Gasteiger partial charge >= 0.3 is 0 Å². The first kappa shape index (κ1) is 20.8. The molecule has 0 spiro atoms. The molecule has 0 aromatic heterocycles. The minimum absolute atomic E-state index is 0.0658. The van der Waals surface area contributed by atoms with E-state index >= 15 is 0 Å². The summed E-state index contributed by atoms with van der Waals surface area (Å²) in [6.07, 6.45) is 0.266. The normalized spacial score (nSPS) is 15.8. The predicted octanol–water partition coefficient (Wildman–Crippen LogP) is 5.54. The van der Waals surface area contributed by atoms with E-state index < -0.39 is 0 Å². The molecule has 0 radical (unpaired) electrons. The lowest BCUT2D eigenvalue weighted by molar-refractivity contribution is -0.120. The SMILES string of the molecule is N#CC1=C(SCc2ccccc2)NC(=O)C[C@H]1c1ccc(OCc2ccccc2)cc1. The molecule has 1 N–H and O–H groups in total. The smallest absolute Gasteiger partial charge is 0.225 e. The number of benzene rings is 3. The Labute approximate surface area is 186 Å².